The Bertz CT molecular complexity index is 512. The van der Waals surface area contributed by atoms with E-state index in [4.69, 9.17) is 0 Å². The molecule has 2 N–H and O–H groups in total. The van der Waals surface area contributed by atoms with E-state index < -0.39 is 10.0 Å². The molecule has 1 rings (SSSR count). The second-order valence-corrected chi connectivity index (χ2v) is 8.53. The summed E-state index contributed by atoms with van der Waals surface area (Å²) in [6.45, 7) is 9.08. The summed E-state index contributed by atoms with van der Waals surface area (Å²) >= 11 is 1.33. The van der Waals surface area contributed by atoms with E-state index in [1.54, 1.807) is 6.07 Å². The number of thiophene rings is 1. The molecule has 7 heteroatoms. The van der Waals surface area contributed by atoms with Crippen LogP contribution in [-0.4, -0.2) is 46.0 Å². The maximum atomic E-state index is 12.2. The van der Waals surface area contributed by atoms with Gasteiger partial charge in [0.05, 0.1) is 0 Å². The van der Waals surface area contributed by atoms with E-state index >= 15 is 0 Å². The summed E-state index contributed by atoms with van der Waals surface area (Å²) in [5.74, 6) is 0. The van der Waals surface area contributed by atoms with Gasteiger partial charge in [0, 0.05) is 30.6 Å². The van der Waals surface area contributed by atoms with Crippen molar-refractivity contribution in [1.82, 2.24) is 14.9 Å². The lowest BCUT2D eigenvalue weighted by Crippen LogP contribution is -2.35. The molecular formula is C14H27N3O2S2. The van der Waals surface area contributed by atoms with Crippen LogP contribution in [0.4, 0.5) is 0 Å². The number of sulfonamides is 1. The van der Waals surface area contributed by atoms with Gasteiger partial charge in [0.2, 0.25) is 10.0 Å². The van der Waals surface area contributed by atoms with E-state index in [9.17, 15) is 8.42 Å². The fourth-order valence-corrected chi connectivity index (χ4v) is 4.06. The maximum absolute atomic E-state index is 12.2. The van der Waals surface area contributed by atoms with E-state index in [0.29, 0.717) is 23.3 Å². The highest BCUT2D eigenvalue weighted by atomic mass is 32.2. The highest BCUT2D eigenvalue weighted by Crippen LogP contribution is 2.21. The molecule has 0 aromatic carbocycles. The van der Waals surface area contributed by atoms with Gasteiger partial charge >= 0.3 is 0 Å². The molecule has 0 atom stereocenters. The predicted octanol–water partition coefficient (Wildman–Crippen LogP) is 1.87. The fraction of sp³-hybridized carbons (Fsp3) is 0.714. The van der Waals surface area contributed by atoms with Crippen LogP contribution in [0, 0.1) is 0 Å². The molecule has 21 heavy (non-hydrogen) atoms. The molecule has 0 unspecified atom stereocenters. The van der Waals surface area contributed by atoms with E-state index in [1.807, 2.05) is 13.1 Å². The second-order valence-electron chi connectivity index (χ2n) is 5.37. The molecule has 0 fully saturated rings. The lowest BCUT2D eigenvalue weighted by atomic mass is 10.3. The third-order valence-corrected chi connectivity index (χ3v) is 6.30. The van der Waals surface area contributed by atoms with Gasteiger partial charge in [0.1, 0.15) is 4.21 Å². The highest BCUT2D eigenvalue weighted by molar-refractivity contribution is 7.91. The molecule has 0 saturated heterocycles. The summed E-state index contributed by atoms with van der Waals surface area (Å²) in [7, 11) is -1.39. The first kappa shape index (κ1) is 18.6. The van der Waals surface area contributed by atoms with Crippen molar-refractivity contribution in [3.8, 4) is 0 Å². The third-order valence-electron chi connectivity index (χ3n) is 3.27. The molecule has 0 aliphatic heterocycles. The monoisotopic (exact) mass is 333 g/mol. The van der Waals surface area contributed by atoms with Gasteiger partial charge in [-0.3, -0.25) is 0 Å². The summed E-state index contributed by atoms with van der Waals surface area (Å²) in [6.07, 6.45) is 1.07. The van der Waals surface area contributed by atoms with Crippen LogP contribution >= 0.6 is 11.3 Å². The van der Waals surface area contributed by atoms with Gasteiger partial charge in [-0.05, 0) is 46.0 Å². The number of nitrogens with one attached hydrogen (secondary N) is 2. The number of rotatable bonds is 10. The standard InChI is InChI=1S/C14H27N3O2S2/c1-5-8-15-11-13-6-7-14(20-13)21(18,19)16-9-10-17(4)12(2)3/h6-7,12,15-16H,5,8-11H2,1-4H3. The fourth-order valence-electron chi connectivity index (χ4n) is 1.67. The Morgan fingerprint density at radius 3 is 2.62 bits per heavy atom. The zero-order valence-corrected chi connectivity index (χ0v) is 15.0. The molecule has 1 aromatic heterocycles. The van der Waals surface area contributed by atoms with Crippen LogP contribution in [0.15, 0.2) is 16.3 Å². The average Bonchev–Trinajstić information content (AvgIpc) is 2.88. The third kappa shape index (κ3) is 6.44. The van der Waals surface area contributed by atoms with Crippen molar-refractivity contribution in [2.24, 2.45) is 0 Å². The molecule has 0 radical (unpaired) electrons. The first-order valence-corrected chi connectivity index (χ1v) is 9.66. The average molecular weight is 334 g/mol. The minimum atomic E-state index is -3.38. The Hall–Kier alpha value is -0.470. The van der Waals surface area contributed by atoms with Crippen LogP contribution in [0.25, 0.3) is 0 Å². The van der Waals surface area contributed by atoms with E-state index in [-0.39, 0.29) is 0 Å². The lowest BCUT2D eigenvalue weighted by molar-refractivity contribution is 0.278. The van der Waals surface area contributed by atoms with Crippen molar-refractivity contribution >= 4 is 21.4 Å². The van der Waals surface area contributed by atoms with Crippen LogP contribution in [0.5, 0.6) is 0 Å². The minimum absolute atomic E-state index is 0.392. The van der Waals surface area contributed by atoms with Gasteiger partial charge < -0.3 is 10.2 Å². The van der Waals surface area contributed by atoms with E-state index in [0.717, 1.165) is 24.4 Å². The van der Waals surface area contributed by atoms with E-state index in [2.05, 4.69) is 35.7 Å². The normalized spacial score (nSPS) is 12.5. The quantitative estimate of drug-likeness (QED) is 0.642. The predicted molar refractivity (Wildman–Crippen MR) is 89.3 cm³/mol. The number of likely N-dealkylation sites (N-methyl/N-ethyl adjacent to an activating group) is 1. The molecule has 0 aliphatic rings. The summed E-state index contributed by atoms with van der Waals surface area (Å²) in [5.41, 5.74) is 0. The second kappa shape index (κ2) is 8.85. The first-order valence-electron chi connectivity index (χ1n) is 7.36. The number of hydrogen-bond acceptors (Lipinski definition) is 5. The molecule has 0 spiro atoms. The molecule has 0 bridgehead atoms. The first-order chi connectivity index (χ1) is 9.86. The van der Waals surface area contributed by atoms with Crippen LogP contribution in [0.3, 0.4) is 0 Å². The highest BCUT2D eigenvalue weighted by Gasteiger charge is 2.16. The van der Waals surface area contributed by atoms with Crippen molar-refractivity contribution in [3.05, 3.63) is 17.0 Å². The van der Waals surface area contributed by atoms with Crippen LogP contribution < -0.4 is 10.0 Å². The Kier molecular flexibility index (Phi) is 7.83. The topological polar surface area (TPSA) is 61.4 Å². The molecule has 122 valence electrons. The van der Waals surface area contributed by atoms with Crippen molar-refractivity contribution in [2.45, 2.75) is 44.0 Å². The summed E-state index contributed by atoms with van der Waals surface area (Å²) < 4.78 is 27.4. The van der Waals surface area contributed by atoms with Crippen molar-refractivity contribution < 1.29 is 8.42 Å². The van der Waals surface area contributed by atoms with Gasteiger partial charge in [-0.2, -0.15) is 0 Å². The minimum Gasteiger partial charge on any atom is -0.312 e. The molecule has 0 amide bonds. The van der Waals surface area contributed by atoms with Gasteiger partial charge in [-0.25, -0.2) is 13.1 Å². The smallest absolute Gasteiger partial charge is 0.250 e. The summed E-state index contributed by atoms with van der Waals surface area (Å²) in [6, 6.07) is 3.97. The molecule has 1 heterocycles. The SMILES string of the molecule is CCCNCc1ccc(S(=O)(=O)NCCN(C)C(C)C)s1. The van der Waals surface area contributed by atoms with Crippen LogP contribution in [0.2, 0.25) is 0 Å². The Balaban J connectivity index is 2.50. The van der Waals surface area contributed by atoms with Crippen LogP contribution in [0.1, 0.15) is 32.1 Å². The maximum Gasteiger partial charge on any atom is 0.250 e. The van der Waals surface area contributed by atoms with Crippen molar-refractivity contribution in [1.29, 1.82) is 0 Å². The molecule has 5 nitrogen and oxygen atoms in total. The molecular weight excluding hydrogens is 306 g/mol. The van der Waals surface area contributed by atoms with E-state index in [1.165, 1.54) is 11.3 Å². The summed E-state index contributed by atoms with van der Waals surface area (Å²) in [4.78, 5) is 3.15. The van der Waals surface area contributed by atoms with Gasteiger partial charge in [-0.1, -0.05) is 6.92 Å². The lowest BCUT2D eigenvalue weighted by Gasteiger charge is -2.20. The van der Waals surface area contributed by atoms with Crippen LogP contribution in [-0.2, 0) is 16.6 Å². The van der Waals surface area contributed by atoms with Crippen molar-refractivity contribution in [3.63, 3.8) is 0 Å². The van der Waals surface area contributed by atoms with Gasteiger partial charge in [0.15, 0.2) is 0 Å². The Labute approximate surface area is 132 Å². The Morgan fingerprint density at radius 1 is 1.29 bits per heavy atom. The van der Waals surface area contributed by atoms with Gasteiger partial charge in [0.25, 0.3) is 0 Å². The summed E-state index contributed by atoms with van der Waals surface area (Å²) in [5, 5.41) is 3.28. The van der Waals surface area contributed by atoms with Gasteiger partial charge in [-0.15, -0.1) is 11.3 Å². The zero-order chi connectivity index (χ0) is 15.9. The number of hydrogen-bond donors (Lipinski definition) is 2. The Morgan fingerprint density at radius 2 is 2.00 bits per heavy atom. The number of nitrogens with zero attached hydrogens (tertiary/aromatic N) is 1. The zero-order valence-electron chi connectivity index (χ0n) is 13.3. The molecule has 0 aliphatic carbocycles. The molecule has 0 saturated carbocycles. The van der Waals surface area contributed by atoms with Crippen molar-refractivity contribution in [2.75, 3.05) is 26.7 Å². The largest absolute Gasteiger partial charge is 0.312 e. The molecule has 1 aromatic rings.